The second-order valence-corrected chi connectivity index (χ2v) is 8.40. The van der Waals surface area contributed by atoms with Crippen molar-refractivity contribution in [1.82, 2.24) is 19.9 Å². The molecule has 1 aliphatic rings. The monoisotopic (exact) mass is 408 g/mol. The molecule has 1 saturated carbocycles. The molecule has 1 aromatic carbocycles. The maximum absolute atomic E-state index is 13.4. The van der Waals surface area contributed by atoms with Crippen molar-refractivity contribution in [3.63, 3.8) is 0 Å². The SMILES string of the molecule is Cc1nc2c(-c3ccc(F)cc3)c(C)nn2c(C)c1CC(=O)NC1CCCCCC1. The first-order valence-electron chi connectivity index (χ1n) is 10.8. The largest absolute Gasteiger partial charge is 0.353 e. The van der Waals surface area contributed by atoms with Crippen molar-refractivity contribution in [1.29, 1.82) is 0 Å². The normalized spacial score (nSPS) is 15.3. The van der Waals surface area contributed by atoms with E-state index < -0.39 is 0 Å². The second kappa shape index (κ2) is 8.54. The quantitative estimate of drug-likeness (QED) is 0.628. The van der Waals surface area contributed by atoms with Crippen LogP contribution in [0.4, 0.5) is 4.39 Å². The minimum atomic E-state index is -0.268. The van der Waals surface area contributed by atoms with Crippen LogP contribution < -0.4 is 5.32 Å². The average molecular weight is 409 g/mol. The number of hydrogen-bond donors (Lipinski definition) is 1. The summed E-state index contributed by atoms with van der Waals surface area (Å²) in [4.78, 5) is 17.6. The molecule has 0 unspecified atom stereocenters. The number of nitrogens with zero attached hydrogens (tertiary/aromatic N) is 3. The Hall–Kier alpha value is -2.76. The van der Waals surface area contributed by atoms with Crippen LogP contribution in [0.15, 0.2) is 24.3 Å². The van der Waals surface area contributed by atoms with Gasteiger partial charge >= 0.3 is 0 Å². The zero-order chi connectivity index (χ0) is 21.3. The number of fused-ring (bicyclic) bond motifs is 1. The molecule has 30 heavy (non-hydrogen) atoms. The lowest BCUT2D eigenvalue weighted by atomic mass is 10.0. The number of nitrogens with one attached hydrogen (secondary N) is 1. The fourth-order valence-electron chi connectivity index (χ4n) is 4.54. The zero-order valence-electron chi connectivity index (χ0n) is 18.0. The summed E-state index contributed by atoms with van der Waals surface area (Å²) in [7, 11) is 0. The van der Waals surface area contributed by atoms with E-state index in [-0.39, 0.29) is 17.8 Å². The number of rotatable bonds is 4. The third-order valence-electron chi connectivity index (χ3n) is 6.19. The third kappa shape index (κ3) is 4.09. The molecule has 2 heterocycles. The lowest BCUT2D eigenvalue weighted by molar-refractivity contribution is -0.121. The predicted octanol–water partition coefficient (Wildman–Crippen LogP) is 4.84. The second-order valence-electron chi connectivity index (χ2n) is 8.40. The van der Waals surface area contributed by atoms with Crippen molar-refractivity contribution >= 4 is 11.6 Å². The summed E-state index contributed by atoms with van der Waals surface area (Å²) in [6, 6.07) is 6.68. The van der Waals surface area contributed by atoms with Crippen LogP contribution in [0.1, 0.15) is 61.2 Å². The van der Waals surface area contributed by atoms with Crippen LogP contribution in [-0.4, -0.2) is 26.5 Å². The summed E-state index contributed by atoms with van der Waals surface area (Å²) >= 11 is 0. The van der Waals surface area contributed by atoms with E-state index in [9.17, 15) is 9.18 Å². The fraction of sp³-hybridized carbons (Fsp3) is 0.458. The third-order valence-corrected chi connectivity index (χ3v) is 6.19. The number of benzene rings is 1. The Kier molecular flexibility index (Phi) is 5.84. The highest BCUT2D eigenvalue weighted by Gasteiger charge is 2.21. The fourth-order valence-corrected chi connectivity index (χ4v) is 4.54. The van der Waals surface area contributed by atoms with Gasteiger partial charge in [-0.1, -0.05) is 37.8 Å². The lowest BCUT2D eigenvalue weighted by Gasteiger charge is -2.17. The molecule has 1 N–H and O–H groups in total. The molecule has 2 aromatic heterocycles. The van der Waals surface area contributed by atoms with Crippen molar-refractivity contribution in [2.75, 3.05) is 0 Å². The van der Waals surface area contributed by atoms with Gasteiger partial charge in [0.15, 0.2) is 5.65 Å². The number of carbonyl (C=O) groups excluding carboxylic acids is 1. The molecular weight excluding hydrogens is 379 g/mol. The number of hydrogen-bond acceptors (Lipinski definition) is 3. The highest BCUT2D eigenvalue weighted by molar-refractivity contribution is 5.82. The number of aryl methyl sites for hydroxylation is 3. The molecule has 158 valence electrons. The van der Waals surface area contributed by atoms with Crippen molar-refractivity contribution in [3.05, 3.63) is 52.7 Å². The van der Waals surface area contributed by atoms with E-state index in [0.29, 0.717) is 6.42 Å². The van der Waals surface area contributed by atoms with E-state index in [4.69, 9.17) is 4.98 Å². The smallest absolute Gasteiger partial charge is 0.224 e. The number of halogens is 1. The summed E-state index contributed by atoms with van der Waals surface area (Å²) < 4.78 is 15.2. The molecular formula is C24H29FN4O. The van der Waals surface area contributed by atoms with Gasteiger partial charge in [-0.2, -0.15) is 5.10 Å². The number of carbonyl (C=O) groups is 1. The maximum atomic E-state index is 13.4. The first-order chi connectivity index (χ1) is 14.4. The van der Waals surface area contributed by atoms with Gasteiger partial charge in [0, 0.05) is 28.6 Å². The van der Waals surface area contributed by atoms with Crippen LogP contribution >= 0.6 is 0 Å². The van der Waals surface area contributed by atoms with Crippen molar-refractivity contribution in [3.8, 4) is 11.1 Å². The van der Waals surface area contributed by atoms with Gasteiger partial charge < -0.3 is 5.32 Å². The molecule has 4 rings (SSSR count). The van der Waals surface area contributed by atoms with Gasteiger partial charge in [0.25, 0.3) is 0 Å². The van der Waals surface area contributed by atoms with E-state index in [1.165, 1.54) is 37.8 Å². The number of amides is 1. The minimum Gasteiger partial charge on any atom is -0.353 e. The van der Waals surface area contributed by atoms with E-state index in [1.54, 1.807) is 12.1 Å². The summed E-state index contributed by atoms with van der Waals surface area (Å²) in [5, 5.41) is 7.90. The van der Waals surface area contributed by atoms with Crippen molar-refractivity contribution in [2.24, 2.45) is 0 Å². The van der Waals surface area contributed by atoms with Crippen molar-refractivity contribution < 1.29 is 9.18 Å². The average Bonchev–Trinajstić information content (AvgIpc) is 2.88. The Morgan fingerprint density at radius 2 is 1.73 bits per heavy atom. The molecule has 3 aromatic rings. The Labute approximate surface area is 176 Å². The Balaban J connectivity index is 1.64. The topological polar surface area (TPSA) is 59.3 Å². The molecule has 5 nitrogen and oxygen atoms in total. The Morgan fingerprint density at radius 3 is 2.40 bits per heavy atom. The minimum absolute atomic E-state index is 0.0527. The highest BCUT2D eigenvalue weighted by Crippen LogP contribution is 2.29. The van der Waals surface area contributed by atoms with Crippen LogP contribution in [-0.2, 0) is 11.2 Å². The Bertz CT molecular complexity index is 1060. The molecule has 1 aliphatic carbocycles. The summed E-state index contributed by atoms with van der Waals surface area (Å²) in [5.74, 6) is -0.216. The van der Waals surface area contributed by atoms with Gasteiger partial charge in [-0.25, -0.2) is 13.9 Å². The van der Waals surface area contributed by atoms with E-state index in [0.717, 1.165) is 52.3 Å². The molecule has 0 atom stereocenters. The number of aromatic nitrogens is 3. The zero-order valence-corrected chi connectivity index (χ0v) is 18.0. The Morgan fingerprint density at radius 1 is 1.07 bits per heavy atom. The highest BCUT2D eigenvalue weighted by atomic mass is 19.1. The van der Waals surface area contributed by atoms with E-state index in [1.807, 2.05) is 25.3 Å². The maximum Gasteiger partial charge on any atom is 0.224 e. The molecule has 6 heteroatoms. The van der Waals surface area contributed by atoms with Gasteiger partial charge in [-0.05, 0) is 51.3 Å². The molecule has 1 fully saturated rings. The first kappa shape index (κ1) is 20.5. The van der Waals surface area contributed by atoms with Crippen LogP contribution in [0.25, 0.3) is 16.8 Å². The van der Waals surface area contributed by atoms with Crippen LogP contribution in [0.2, 0.25) is 0 Å². The molecule has 1 amide bonds. The summed E-state index contributed by atoms with van der Waals surface area (Å²) in [6.07, 6.45) is 7.35. The molecule has 0 spiro atoms. The standard InChI is InChI=1S/C24H29FN4O/c1-15-21(14-22(30)27-20-8-6-4-5-7-9-20)17(3)29-24(26-15)23(16(2)28-29)18-10-12-19(25)13-11-18/h10-13,20H,4-9,14H2,1-3H3,(H,27,30). The van der Waals surface area contributed by atoms with Gasteiger partial charge in [0.1, 0.15) is 5.82 Å². The van der Waals surface area contributed by atoms with Crippen LogP contribution in [0.3, 0.4) is 0 Å². The van der Waals surface area contributed by atoms with E-state index in [2.05, 4.69) is 10.4 Å². The predicted molar refractivity (Wildman–Crippen MR) is 116 cm³/mol. The molecule has 0 bridgehead atoms. The van der Waals surface area contributed by atoms with E-state index >= 15 is 0 Å². The van der Waals surface area contributed by atoms with Crippen LogP contribution in [0, 0.1) is 26.6 Å². The van der Waals surface area contributed by atoms with Gasteiger partial charge in [0.05, 0.1) is 12.1 Å². The van der Waals surface area contributed by atoms with Gasteiger partial charge in [0.2, 0.25) is 5.91 Å². The van der Waals surface area contributed by atoms with Crippen LogP contribution in [0.5, 0.6) is 0 Å². The lowest BCUT2D eigenvalue weighted by Crippen LogP contribution is -2.35. The van der Waals surface area contributed by atoms with Gasteiger partial charge in [-0.3, -0.25) is 4.79 Å². The molecule has 0 saturated heterocycles. The van der Waals surface area contributed by atoms with Crippen molar-refractivity contribution in [2.45, 2.75) is 71.8 Å². The molecule has 0 aliphatic heterocycles. The van der Waals surface area contributed by atoms with Gasteiger partial charge in [-0.15, -0.1) is 0 Å². The summed E-state index contributed by atoms with van der Waals surface area (Å²) in [6.45, 7) is 5.86. The summed E-state index contributed by atoms with van der Waals surface area (Å²) in [5.41, 5.74) is 6.02. The first-order valence-corrected chi connectivity index (χ1v) is 10.8. The molecule has 0 radical (unpaired) electrons.